The van der Waals surface area contributed by atoms with Crippen molar-refractivity contribution in [1.29, 1.82) is 0 Å². The average Bonchev–Trinajstić information content (AvgIpc) is 2.92. The fourth-order valence-electron chi connectivity index (χ4n) is 4.59. The van der Waals surface area contributed by atoms with Gasteiger partial charge >= 0.3 is 0 Å². The van der Waals surface area contributed by atoms with Gasteiger partial charge in [-0.05, 0) is 74.1 Å². The Bertz CT molecular complexity index is 1120. The van der Waals surface area contributed by atoms with Gasteiger partial charge in [-0.25, -0.2) is 4.39 Å². The maximum atomic E-state index is 13.4. The monoisotopic (exact) mass is 556 g/mol. The van der Waals surface area contributed by atoms with Gasteiger partial charge in [0.2, 0.25) is 5.91 Å². The first-order chi connectivity index (χ1) is 19.0. The van der Waals surface area contributed by atoms with E-state index in [1.54, 1.807) is 30.0 Å². The highest BCUT2D eigenvalue weighted by molar-refractivity contribution is 6.00. The molecule has 3 atom stereocenters. The first-order valence-corrected chi connectivity index (χ1v) is 14.1. The van der Waals surface area contributed by atoms with Gasteiger partial charge in [0.05, 0.1) is 7.11 Å². The van der Waals surface area contributed by atoms with Crippen LogP contribution < -0.4 is 21.1 Å². The summed E-state index contributed by atoms with van der Waals surface area (Å²) in [7, 11) is 1.50. The number of ether oxygens (including phenoxy) is 1. The van der Waals surface area contributed by atoms with Gasteiger partial charge in [0.15, 0.2) is 0 Å². The largest absolute Gasteiger partial charge is 0.497 e. The molecule has 0 saturated heterocycles. The molecule has 0 bridgehead atoms. The SMILES string of the molecule is CCCN(CCC)C(=O)c1cc(OC)cc(C(=O)NC(CC(C)C)C(N)CC(C)C(=O)Nc2ccc(F)cc2)c1. The Morgan fingerprint density at radius 1 is 0.950 bits per heavy atom. The number of rotatable bonds is 15. The Morgan fingerprint density at radius 2 is 1.55 bits per heavy atom. The lowest BCUT2D eigenvalue weighted by Gasteiger charge is -2.28. The molecule has 9 heteroatoms. The van der Waals surface area contributed by atoms with Crippen molar-refractivity contribution >= 4 is 23.4 Å². The van der Waals surface area contributed by atoms with E-state index in [4.69, 9.17) is 10.5 Å². The number of hydrogen-bond donors (Lipinski definition) is 3. The van der Waals surface area contributed by atoms with Gasteiger partial charge in [-0.2, -0.15) is 0 Å². The van der Waals surface area contributed by atoms with Crippen LogP contribution in [0.25, 0.3) is 0 Å². The molecule has 0 aliphatic carbocycles. The van der Waals surface area contributed by atoms with Crippen LogP contribution in [-0.4, -0.2) is 54.9 Å². The fourth-order valence-corrected chi connectivity index (χ4v) is 4.59. The predicted octanol–water partition coefficient (Wildman–Crippen LogP) is 5.23. The van der Waals surface area contributed by atoms with Crippen LogP contribution in [0, 0.1) is 17.7 Å². The van der Waals surface area contributed by atoms with E-state index < -0.39 is 18.0 Å². The smallest absolute Gasteiger partial charge is 0.254 e. The van der Waals surface area contributed by atoms with Crippen molar-refractivity contribution in [1.82, 2.24) is 10.2 Å². The van der Waals surface area contributed by atoms with E-state index in [9.17, 15) is 18.8 Å². The van der Waals surface area contributed by atoms with E-state index in [-0.39, 0.29) is 29.5 Å². The molecule has 4 N–H and O–H groups in total. The fraction of sp³-hybridized carbons (Fsp3) is 0.516. The van der Waals surface area contributed by atoms with Crippen LogP contribution in [0.3, 0.4) is 0 Å². The lowest BCUT2D eigenvalue weighted by atomic mass is 9.90. The van der Waals surface area contributed by atoms with Crippen molar-refractivity contribution in [3.05, 3.63) is 59.4 Å². The van der Waals surface area contributed by atoms with Crippen LogP contribution in [0.1, 0.15) is 81.0 Å². The summed E-state index contributed by atoms with van der Waals surface area (Å²) in [6.07, 6.45) is 2.60. The van der Waals surface area contributed by atoms with Crippen molar-refractivity contribution in [2.45, 2.75) is 72.4 Å². The highest BCUT2D eigenvalue weighted by Crippen LogP contribution is 2.21. The Labute approximate surface area is 237 Å². The van der Waals surface area contributed by atoms with E-state index in [2.05, 4.69) is 10.6 Å². The third-order valence-corrected chi connectivity index (χ3v) is 6.67. The van der Waals surface area contributed by atoms with Crippen LogP contribution in [0.2, 0.25) is 0 Å². The lowest BCUT2D eigenvalue weighted by molar-refractivity contribution is -0.119. The van der Waals surface area contributed by atoms with Crippen molar-refractivity contribution < 1.29 is 23.5 Å². The number of benzene rings is 2. The minimum absolute atomic E-state index is 0.145. The summed E-state index contributed by atoms with van der Waals surface area (Å²) >= 11 is 0. The molecule has 0 aliphatic heterocycles. The summed E-state index contributed by atoms with van der Waals surface area (Å²) < 4.78 is 18.6. The molecule has 0 spiro atoms. The number of carbonyl (C=O) groups is 3. The molecular weight excluding hydrogens is 511 g/mol. The number of nitrogens with zero attached hydrogens (tertiary/aromatic N) is 1. The standard InChI is InChI=1S/C31H45FN4O4/c1-7-13-36(14-8-2)31(39)23-17-22(18-26(19-23)40-6)30(38)35-28(15-20(3)4)27(33)16-21(5)29(37)34-25-11-9-24(32)10-12-25/h9-12,17-21,27-28H,7-8,13-16,33H2,1-6H3,(H,34,37)(H,35,38). The molecule has 3 amide bonds. The number of nitrogens with two attached hydrogens (primary N) is 1. The molecule has 2 rings (SSSR count). The van der Waals surface area contributed by atoms with Crippen LogP contribution >= 0.6 is 0 Å². The summed E-state index contributed by atoms with van der Waals surface area (Å²) in [6.45, 7) is 11.1. The van der Waals surface area contributed by atoms with Crippen LogP contribution in [0.5, 0.6) is 5.75 Å². The zero-order valence-electron chi connectivity index (χ0n) is 24.6. The van der Waals surface area contributed by atoms with Gasteiger partial charge in [0.25, 0.3) is 11.8 Å². The van der Waals surface area contributed by atoms with Gasteiger partial charge in [-0.3, -0.25) is 14.4 Å². The van der Waals surface area contributed by atoms with E-state index >= 15 is 0 Å². The van der Waals surface area contributed by atoms with E-state index in [0.29, 0.717) is 48.5 Å². The lowest BCUT2D eigenvalue weighted by Crippen LogP contribution is -2.49. The molecule has 0 fully saturated rings. The first kappa shape index (κ1) is 32.8. The predicted molar refractivity (Wildman–Crippen MR) is 157 cm³/mol. The zero-order valence-corrected chi connectivity index (χ0v) is 24.6. The Balaban J connectivity index is 2.19. The Hall–Kier alpha value is -3.46. The number of halogens is 1. The van der Waals surface area contributed by atoms with Crippen molar-refractivity contribution in [3.8, 4) is 5.75 Å². The van der Waals surface area contributed by atoms with Crippen LogP contribution in [0.4, 0.5) is 10.1 Å². The van der Waals surface area contributed by atoms with Crippen molar-refractivity contribution in [2.24, 2.45) is 17.6 Å². The highest BCUT2D eigenvalue weighted by atomic mass is 19.1. The molecule has 0 heterocycles. The summed E-state index contributed by atoms with van der Waals surface area (Å²) in [4.78, 5) is 41.2. The summed E-state index contributed by atoms with van der Waals surface area (Å²) in [6, 6.07) is 9.49. The first-order valence-electron chi connectivity index (χ1n) is 14.1. The minimum Gasteiger partial charge on any atom is -0.497 e. The second-order valence-corrected chi connectivity index (χ2v) is 10.7. The van der Waals surface area contributed by atoms with Crippen LogP contribution in [-0.2, 0) is 4.79 Å². The van der Waals surface area contributed by atoms with Gasteiger partial charge in [0.1, 0.15) is 11.6 Å². The molecule has 40 heavy (non-hydrogen) atoms. The Morgan fingerprint density at radius 3 is 2.10 bits per heavy atom. The maximum absolute atomic E-state index is 13.4. The second kappa shape index (κ2) is 16.0. The minimum atomic E-state index is -0.503. The van der Waals surface area contributed by atoms with Gasteiger partial charge in [-0.15, -0.1) is 0 Å². The molecule has 2 aromatic carbocycles. The normalized spacial score (nSPS) is 13.3. The summed E-state index contributed by atoms with van der Waals surface area (Å²) in [5, 5.41) is 5.82. The van der Waals surface area contributed by atoms with Crippen LogP contribution in [0.15, 0.2) is 42.5 Å². The number of amides is 3. The van der Waals surface area contributed by atoms with Crippen molar-refractivity contribution in [3.63, 3.8) is 0 Å². The van der Waals surface area contributed by atoms with E-state index in [0.717, 1.165) is 12.8 Å². The molecular formula is C31H45FN4O4. The number of nitrogens with one attached hydrogen (secondary N) is 2. The molecule has 220 valence electrons. The summed E-state index contributed by atoms with van der Waals surface area (Å²) in [5.41, 5.74) is 7.75. The van der Waals surface area contributed by atoms with Gasteiger partial charge in [-0.1, -0.05) is 34.6 Å². The summed E-state index contributed by atoms with van der Waals surface area (Å²) in [5.74, 6) is -0.930. The van der Waals surface area contributed by atoms with Crippen molar-refractivity contribution in [2.75, 3.05) is 25.5 Å². The van der Waals surface area contributed by atoms with E-state index in [1.165, 1.54) is 31.4 Å². The molecule has 0 aliphatic rings. The molecule has 8 nitrogen and oxygen atoms in total. The third kappa shape index (κ3) is 9.93. The number of methoxy groups -OCH3 is 1. The molecule has 0 aromatic heterocycles. The second-order valence-electron chi connectivity index (χ2n) is 10.7. The topological polar surface area (TPSA) is 114 Å². The van der Waals surface area contributed by atoms with Gasteiger partial charge in [0, 0.05) is 47.9 Å². The van der Waals surface area contributed by atoms with Gasteiger partial charge < -0.3 is 26.0 Å². The maximum Gasteiger partial charge on any atom is 0.254 e. The number of hydrogen-bond acceptors (Lipinski definition) is 5. The van der Waals surface area contributed by atoms with E-state index in [1.807, 2.05) is 27.7 Å². The Kier molecular flexibility index (Phi) is 13.1. The highest BCUT2D eigenvalue weighted by Gasteiger charge is 2.27. The molecule has 0 radical (unpaired) electrons. The quantitative estimate of drug-likeness (QED) is 0.278. The molecule has 2 aromatic rings. The number of anilines is 1. The molecule has 0 saturated carbocycles. The molecule has 3 unspecified atom stereocenters. The third-order valence-electron chi connectivity index (χ3n) is 6.67. The average molecular weight is 557 g/mol. The zero-order chi connectivity index (χ0) is 29.8. The number of carbonyl (C=O) groups excluding carboxylic acids is 3.